The van der Waals surface area contributed by atoms with Crippen molar-refractivity contribution < 1.29 is 10.2 Å². The number of aliphatic hydroxyl groups excluding tert-OH is 2. The first-order chi connectivity index (χ1) is 9.64. The van der Waals surface area contributed by atoms with Gasteiger partial charge in [0.1, 0.15) is 0 Å². The third-order valence-corrected chi connectivity index (χ3v) is 7.37. The molecule has 4 atom stereocenters. The summed E-state index contributed by atoms with van der Waals surface area (Å²) in [5, 5.41) is 18.6. The lowest BCUT2D eigenvalue weighted by molar-refractivity contribution is 0.00885. The summed E-state index contributed by atoms with van der Waals surface area (Å²) in [7, 11) is 0. The molecule has 2 saturated carbocycles. The van der Waals surface area contributed by atoms with E-state index in [0.29, 0.717) is 11.8 Å². The van der Waals surface area contributed by atoms with Gasteiger partial charge in [0, 0.05) is 0 Å². The number of aliphatic hydroxyl groups is 2. The van der Waals surface area contributed by atoms with Gasteiger partial charge in [-0.05, 0) is 42.9 Å². The summed E-state index contributed by atoms with van der Waals surface area (Å²) in [6.07, 6.45) is 1.70. The van der Waals surface area contributed by atoms with Crippen molar-refractivity contribution in [1.82, 2.24) is 0 Å². The van der Waals surface area contributed by atoms with Crippen molar-refractivity contribution in [1.29, 1.82) is 0 Å². The monoisotopic (exact) mass is 376 g/mol. The molecule has 2 aliphatic rings. The molecular weight excluding hydrogens is 354 g/mol. The third kappa shape index (κ3) is 3.78. The van der Waals surface area contributed by atoms with Gasteiger partial charge in [-0.15, -0.1) is 46.4 Å². The highest BCUT2D eigenvalue weighted by Gasteiger charge is 2.48. The van der Waals surface area contributed by atoms with Crippen molar-refractivity contribution in [3.63, 3.8) is 0 Å². The van der Waals surface area contributed by atoms with Crippen LogP contribution in [0.4, 0.5) is 0 Å². The maximum absolute atomic E-state index is 9.92. The molecule has 4 unspecified atom stereocenters. The van der Waals surface area contributed by atoms with Crippen molar-refractivity contribution in [3.05, 3.63) is 0 Å². The molecule has 0 spiro atoms. The van der Waals surface area contributed by atoms with Crippen LogP contribution in [0.5, 0.6) is 0 Å². The molecule has 6 heteroatoms. The average Bonchev–Trinajstić information content (AvgIpc) is 2.40. The predicted octanol–water partition coefficient (Wildman–Crippen LogP) is 3.98. The molecule has 2 fully saturated rings. The van der Waals surface area contributed by atoms with Crippen LogP contribution < -0.4 is 0 Å². The first-order valence-corrected chi connectivity index (χ1v) is 9.31. The largest absolute Gasteiger partial charge is 0.390 e. The molecule has 2 nitrogen and oxygen atoms in total. The highest BCUT2D eigenvalue weighted by Crippen LogP contribution is 2.51. The van der Waals surface area contributed by atoms with Gasteiger partial charge in [0.15, 0.2) is 0 Å². The van der Waals surface area contributed by atoms with E-state index >= 15 is 0 Å². The summed E-state index contributed by atoms with van der Waals surface area (Å²) in [5.74, 6) is 0.637. The van der Waals surface area contributed by atoms with Gasteiger partial charge in [-0.2, -0.15) is 0 Å². The molecule has 124 valence electrons. The number of rotatable bonds is 2. The van der Waals surface area contributed by atoms with Gasteiger partial charge in [0.2, 0.25) is 0 Å². The predicted molar refractivity (Wildman–Crippen MR) is 89.8 cm³/mol. The fourth-order valence-electron chi connectivity index (χ4n) is 3.84. The van der Waals surface area contributed by atoms with E-state index in [1.165, 1.54) is 0 Å². The normalized spacial score (nSPS) is 49.1. The standard InChI is InChI=1S/C15H24Cl4O2/c1-15(2,7-3-9(16)13(20)10(17)4-7)8-5-11(18)14(21)12(19)6-8/h7-14,20-21H,3-6H2,1-2H3. The molecular formula is C15H24Cl4O2. The third-order valence-electron chi connectivity index (χ3n) is 5.63. The van der Waals surface area contributed by atoms with Crippen molar-refractivity contribution in [2.75, 3.05) is 0 Å². The molecule has 0 aromatic rings. The Kier molecular flexibility index (Phi) is 6.06. The molecule has 2 rings (SSSR count). The molecule has 0 aromatic carbocycles. The number of hydrogen-bond acceptors (Lipinski definition) is 2. The molecule has 0 heterocycles. The van der Waals surface area contributed by atoms with Gasteiger partial charge in [0.05, 0.1) is 33.7 Å². The minimum Gasteiger partial charge on any atom is -0.390 e. The summed E-state index contributed by atoms with van der Waals surface area (Å²) in [6, 6.07) is 0. The number of halogens is 4. The first kappa shape index (κ1) is 18.4. The van der Waals surface area contributed by atoms with Crippen LogP contribution in [0.15, 0.2) is 0 Å². The van der Waals surface area contributed by atoms with Gasteiger partial charge in [0.25, 0.3) is 0 Å². The van der Waals surface area contributed by atoms with Crippen LogP contribution in [0.3, 0.4) is 0 Å². The second kappa shape index (κ2) is 6.91. The van der Waals surface area contributed by atoms with Crippen molar-refractivity contribution in [2.45, 2.75) is 73.2 Å². The van der Waals surface area contributed by atoms with Crippen LogP contribution in [0.2, 0.25) is 0 Å². The molecule has 2 N–H and O–H groups in total. The van der Waals surface area contributed by atoms with Crippen LogP contribution >= 0.6 is 46.4 Å². The van der Waals surface area contributed by atoms with E-state index in [-0.39, 0.29) is 26.9 Å². The topological polar surface area (TPSA) is 40.5 Å². The fraction of sp³-hybridized carbons (Fsp3) is 1.00. The van der Waals surface area contributed by atoms with Crippen molar-refractivity contribution >= 4 is 46.4 Å². The summed E-state index contributed by atoms with van der Waals surface area (Å²) in [6.45, 7) is 4.41. The van der Waals surface area contributed by atoms with Crippen LogP contribution in [0, 0.1) is 17.3 Å². The molecule has 0 aliphatic heterocycles. The Morgan fingerprint density at radius 3 is 1.14 bits per heavy atom. The quantitative estimate of drug-likeness (QED) is 0.714. The summed E-state index contributed by atoms with van der Waals surface area (Å²) >= 11 is 25.0. The van der Waals surface area contributed by atoms with Crippen LogP contribution in [-0.4, -0.2) is 43.9 Å². The zero-order chi connectivity index (χ0) is 15.9. The second-order valence-corrected chi connectivity index (χ2v) is 9.45. The fourth-order valence-corrected chi connectivity index (χ4v) is 5.55. The molecule has 0 saturated heterocycles. The zero-order valence-electron chi connectivity index (χ0n) is 12.4. The molecule has 0 radical (unpaired) electrons. The van der Waals surface area contributed by atoms with E-state index in [4.69, 9.17) is 46.4 Å². The van der Waals surface area contributed by atoms with Gasteiger partial charge in [-0.1, -0.05) is 13.8 Å². The van der Waals surface area contributed by atoms with E-state index in [9.17, 15) is 10.2 Å². The van der Waals surface area contributed by atoms with Crippen LogP contribution in [0.25, 0.3) is 0 Å². The van der Waals surface area contributed by atoms with Crippen molar-refractivity contribution in [2.24, 2.45) is 17.3 Å². The number of alkyl halides is 4. The van der Waals surface area contributed by atoms with E-state index in [2.05, 4.69) is 13.8 Å². The minimum absolute atomic E-state index is 0.0269. The highest BCUT2D eigenvalue weighted by atomic mass is 35.5. The van der Waals surface area contributed by atoms with Gasteiger partial charge >= 0.3 is 0 Å². The zero-order valence-corrected chi connectivity index (χ0v) is 15.4. The number of hydrogen-bond donors (Lipinski definition) is 2. The maximum atomic E-state index is 9.92. The Labute approximate surface area is 147 Å². The molecule has 2 aliphatic carbocycles. The van der Waals surface area contributed by atoms with E-state index < -0.39 is 12.2 Å². The molecule has 0 amide bonds. The minimum atomic E-state index is -0.643. The van der Waals surface area contributed by atoms with Crippen LogP contribution in [0.1, 0.15) is 39.5 Å². The lowest BCUT2D eigenvalue weighted by atomic mass is 9.60. The lowest BCUT2D eigenvalue weighted by Crippen LogP contribution is -2.49. The molecule has 21 heavy (non-hydrogen) atoms. The molecule has 0 aromatic heterocycles. The van der Waals surface area contributed by atoms with Crippen LogP contribution in [-0.2, 0) is 0 Å². The van der Waals surface area contributed by atoms with E-state index in [0.717, 1.165) is 25.7 Å². The molecule has 0 bridgehead atoms. The maximum Gasteiger partial charge on any atom is 0.0867 e. The lowest BCUT2D eigenvalue weighted by Gasteiger charge is -2.49. The Bertz CT molecular complexity index is 310. The Balaban J connectivity index is 2.10. The van der Waals surface area contributed by atoms with Gasteiger partial charge in [-0.3, -0.25) is 0 Å². The Hall–Kier alpha value is 1.08. The summed E-state index contributed by atoms with van der Waals surface area (Å²) in [5.41, 5.74) is -0.0269. The summed E-state index contributed by atoms with van der Waals surface area (Å²) < 4.78 is 0. The smallest absolute Gasteiger partial charge is 0.0867 e. The highest BCUT2D eigenvalue weighted by molar-refractivity contribution is 6.25. The SMILES string of the molecule is CC(C)(C1CC(Cl)C(O)C(Cl)C1)C1CC(Cl)C(O)C(Cl)C1. The van der Waals surface area contributed by atoms with Gasteiger partial charge in [-0.25, -0.2) is 0 Å². The van der Waals surface area contributed by atoms with E-state index in [1.807, 2.05) is 0 Å². The Morgan fingerprint density at radius 2 is 0.905 bits per heavy atom. The van der Waals surface area contributed by atoms with Gasteiger partial charge < -0.3 is 10.2 Å². The average molecular weight is 378 g/mol. The summed E-state index contributed by atoms with van der Waals surface area (Å²) in [4.78, 5) is 0. The first-order valence-electron chi connectivity index (χ1n) is 7.57. The van der Waals surface area contributed by atoms with E-state index in [1.54, 1.807) is 0 Å². The Morgan fingerprint density at radius 1 is 0.667 bits per heavy atom. The van der Waals surface area contributed by atoms with Crippen molar-refractivity contribution in [3.8, 4) is 0 Å². The second-order valence-electron chi connectivity index (χ2n) is 7.20.